The molecule has 0 spiro atoms. The van der Waals surface area contributed by atoms with Gasteiger partial charge in [-0.3, -0.25) is 0 Å². The van der Waals surface area contributed by atoms with Crippen molar-refractivity contribution in [2.45, 2.75) is 52.4 Å². The van der Waals surface area contributed by atoms with Crippen molar-refractivity contribution in [3.8, 4) is 0 Å². The van der Waals surface area contributed by atoms with E-state index in [-0.39, 0.29) is 0 Å². The molecule has 0 aromatic carbocycles. The Morgan fingerprint density at radius 2 is 2.29 bits per heavy atom. The van der Waals surface area contributed by atoms with Gasteiger partial charge in [-0.2, -0.15) is 0 Å². The molecular formula is C13H24O. The molecule has 1 rings (SSSR count). The molecule has 0 fully saturated rings. The van der Waals surface area contributed by atoms with Gasteiger partial charge in [0.1, 0.15) is 0 Å². The minimum atomic E-state index is 0.890. The van der Waals surface area contributed by atoms with Crippen molar-refractivity contribution in [3.05, 3.63) is 11.6 Å². The van der Waals surface area contributed by atoms with Gasteiger partial charge in [0.25, 0.3) is 0 Å². The first-order chi connectivity index (χ1) is 6.83. The van der Waals surface area contributed by atoms with Gasteiger partial charge in [-0.05, 0) is 44.9 Å². The number of hydrogen-bond acceptors (Lipinski definition) is 1. The normalized spacial score (nSPS) is 22.1. The summed E-state index contributed by atoms with van der Waals surface area (Å²) < 4.78 is 5.59. The average molecular weight is 196 g/mol. The largest absolute Gasteiger partial charge is 0.381 e. The van der Waals surface area contributed by atoms with Crippen LogP contribution in [0.4, 0.5) is 0 Å². The van der Waals surface area contributed by atoms with Gasteiger partial charge in [0, 0.05) is 13.2 Å². The first-order valence-corrected chi connectivity index (χ1v) is 6.06. The van der Waals surface area contributed by atoms with Crippen molar-refractivity contribution in [3.63, 3.8) is 0 Å². The molecule has 1 heteroatoms. The third-order valence-electron chi connectivity index (χ3n) is 2.99. The van der Waals surface area contributed by atoms with Gasteiger partial charge >= 0.3 is 0 Å². The Kier molecular flexibility index (Phi) is 5.93. The minimum Gasteiger partial charge on any atom is -0.381 e. The average Bonchev–Trinajstić information content (AvgIpc) is 2.18. The summed E-state index contributed by atoms with van der Waals surface area (Å²) in [6, 6.07) is 0. The summed E-state index contributed by atoms with van der Waals surface area (Å²) in [4.78, 5) is 0. The standard InChI is InChI=1S/C13H24O/c1-3-4-9-14-10-8-13-7-5-6-12(2)11-13/h6,13H,3-5,7-11H2,1-2H3. The van der Waals surface area contributed by atoms with E-state index in [0.717, 1.165) is 19.1 Å². The zero-order valence-electron chi connectivity index (χ0n) is 9.72. The molecule has 0 saturated heterocycles. The Bertz CT molecular complexity index is 172. The van der Waals surface area contributed by atoms with Crippen LogP contribution in [-0.2, 0) is 4.74 Å². The highest BCUT2D eigenvalue weighted by Gasteiger charge is 2.12. The summed E-state index contributed by atoms with van der Waals surface area (Å²) in [5, 5.41) is 0. The van der Waals surface area contributed by atoms with Crippen LogP contribution in [0.2, 0.25) is 0 Å². The van der Waals surface area contributed by atoms with Crippen molar-refractivity contribution >= 4 is 0 Å². The molecule has 14 heavy (non-hydrogen) atoms. The van der Waals surface area contributed by atoms with Crippen molar-refractivity contribution in [2.24, 2.45) is 5.92 Å². The highest BCUT2D eigenvalue weighted by Crippen LogP contribution is 2.26. The van der Waals surface area contributed by atoms with E-state index in [2.05, 4.69) is 19.9 Å². The molecule has 1 unspecified atom stereocenters. The van der Waals surface area contributed by atoms with Crippen molar-refractivity contribution < 1.29 is 4.74 Å². The molecule has 0 bridgehead atoms. The second-order valence-electron chi connectivity index (χ2n) is 4.45. The first kappa shape index (κ1) is 11.8. The third-order valence-corrected chi connectivity index (χ3v) is 2.99. The van der Waals surface area contributed by atoms with Crippen LogP contribution in [0.15, 0.2) is 11.6 Å². The topological polar surface area (TPSA) is 9.23 Å². The minimum absolute atomic E-state index is 0.890. The summed E-state index contributed by atoms with van der Waals surface area (Å²) in [6.45, 7) is 6.39. The van der Waals surface area contributed by atoms with E-state index >= 15 is 0 Å². The van der Waals surface area contributed by atoms with E-state index < -0.39 is 0 Å². The van der Waals surface area contributed by atoms with Crippen LogP contribution in [0.1, 0.15) is 52.4 Å². The highest BCUT2D eigenvalue weighted by molar-refractivity contribution is 5.03. The van der Waals surface area contributed by atoms with E-state index in [1.54, 1.807) is 5.57 Å². The lowest BCUT2D eigenvalue weighted by molar-refractivity contribution is 0.115. The second-order valence-corrected chi connectivity index (χ2v) is 4.45. The number of allylic oxidation sites excluding steroid dienone is 2. The molecule has 1 aliphatic carbocycles. The maximum atomic E-state index is 5.59. The van der Waals surface area contributed by atoms with E-state index in [0.29, 0.717) is 0 Å². The SMILES string of the molecule is CCCCOCCC1CCC=C(C)C1. The Morgan fingerprint density at radius 1 is 1.43 bits per heavy atom. The fraction of sp³-hybridized carbons (Fsp3) is 0.846. The summed E-state index contributed by atoms with van der Waals surface area (Å²) in [5.74, 6) is 0.890. The molecule has 0 aromatic heterocycles. The summed E-state index contributed by atoms with van der Waals surface area (Å²) in [6.07, 6.45) is 10.1. The lowest BCUT2D eigenvalue weighted by Crippen LogP contribution is -2.09. The van der Waals surface area contributed by atoms with Crippen LogP contribution < -0.4 is 0 Å². The van der Waals surface area contributed by atoms with Crippen LogP contribution >= 0.6 is 0 Å². The van der Waals surface area contributed by atoms with E-state index in [9.17, 15) is 0 Å². The van der Waals surface area contributed by atoms with Crippen LogP contribution in [0, 0.1) is 5.92 Å². The number of ether oxygens (including phenoxy) is 1. The van der Waals surface area contributed by atoms with Gasteiger partial charge in [-0.1, -0.05) is 25.0 Å². The Hall–Kier alpha value is -0.300. The molecule has 0 radical (unpaired) electrons. The van der Waals surface area contributed by atoms with Gasteiger partial charge in [0.15, 0.2) is 0 Å². The molecule has 0 amide bonds. The Balaban J connectivity index is 1.99. The zero-order chi connectivity index (χ0) is 10.2. The summed E-state index contributed by atoms with van der Waals surface area (Å²) in [7, 11) is 0. The monoisotopic (exact) mass is 196 g/mol. The lowest BCUT2D eigenvalue weighted by Gasteiger charge is -2.20. The lowest BCUT2D eigenvalue weighted by atomic mass is 9.87. The van der Waals surface area contributed by atoms with Crippen LogP contribution in [0.5, 0.6) is 0 Å². The smallest absolute Gasteiger partial charge is 0.0468 e. The van der Waals surface area contributed by atoms with Gasteiger partial charge < -0.3 is 4.74 Å². The van der Waals surface area contributed by atoms with Crippen molar-refractivity contribution in [1.82, 2.24) is 0 Å². The van der Waals surface area contributed by atoms with Gasteiger partial charge in [-0.15, -0.1) is 0 Å². The third kappa shape index (κ3) is 4.80. The van der Waals surface area contributed by atoms with E-state index in [4.69, 9.17) is 4.74 Å². The number of rotatable bonds is 6. The second kappa shape index (κ2) is 7.05. The molecule has 1 nitrogen and oxygen atoms in total. The molecule has 0 heterocycles. The molecule has 1 atom stereocenters. The predicted molar refractivity (Wildman–Crippen MR) is 61.4 cm³/mol. The molecule has 82 valence electrons. The Morgan fingerprint density at radius 3 is 3.00 bits per heavy atom. The molecule has 0 aliphatic heterocycles. The molecular weight excluding hydrogens is 172 g/mol. The fourth-order valence-electron chi connectivity index (χ4n) is 2.05. The van der Waals surface area contributed by atoms with Gasteiger partial charge in [-0.25, -0.2) is 0 Å². The predicted octanol–water partition coefficient (Wildman–Crippen LogP) is 3.94. The first-order valence-electron chi connectivity index (χ1n) is 6.06. The molecule has 1 aliphatic rings. The fourth-order valence-corrected chi connectivity index (χ4v) is 2.05. The van der Waals surface area contributed by atoms with Crippen LogP contribution in [0.3, 0.4) is 0 Å². The number of hydrogen-bond donors (Lipinski definition) is 0. The van der Waals surface area contributed by atoms with Crippen LogP contribution in [0.25, 0.3) is 0 Å². The number of unbranched alkanes of at least 4 members (excludes halogenated alkanes) is 1. The quantitative estimate of drug-likeness (QED) is 0.462. The van der Waals surface area contributed by atoms with Crippen molar-refractivity contribution in [2.75, 3.05) is 13.2 Å². The summed E-state index contributed by atoms with van der Waals surface area (Å²) >= 11 is 0. The summed E-state index contributed by atoms with van der Waals surface area (Å²) in [5.41, 5.74) is 1.58. The maximum Gasteiger partial charge on any atom is 0.0468 e. The molecule has 0 N–H and O–H groups in total. The van der Waals surface area contributed by atoms with Crippen molar-refractivity contribution in [1.29, 1.82) is 0 Å². The van der Waals surface area contributed by atoms with E-state index in [1.165, 1.54) is 38.5 Å². The molecule has 0 saturated carbocycles. The zero-order valence-corrected chi connectivity index (χ0v) is 9.72. The molecule has 0 aromatic rings. The Labute approximate surface area is 88.5 Å². The van der Waals surface area contributed by atoms with E-state index in [1.807, 2.05) is 0 Å². The maximum absolute atomic E-state index is 5.59. The van der Waals surface area contributed by atoms with Gasteiger partial charge in [0.05, 0.1) is 0 Å². The van der Waals surface area contributed by atoms with Gasteiger partial charge in [0.2, 0.25) is 0 Å². The highest BCUT2D eigenvalue weighted by atomic mass is 16.5. The van der Waals surface area contributed by atoms with Crippen LogP contribution in [-0.4, -0.2) is 13.2 Å².